The monoisotopic (exact) mass is 122 g/mol. The van der Waals surface area contributed by atoms with E-state index in [-0.39, 0.29) is 0 Å². The molecule has 0 radical (unpaired) electrons. The zero-order valence-electron chi connectivity index (χ0n) is 4.42. The van der Waals surface area contributed by atoms with Crippen molar-refractivity contribution in [1.29, 1.82) is 10.5 Å². The van der Waals surface area contributed by atoms with Crippen LogP contribution in [0.2, 0.25) is 0 Å². The second-order valence-electron chi connectivity index (χ2n) is 1.25. The molecule has 0 aromatic heterocycles. The number of Topliss-reactive ketones (excluding diaryl/α,β-unsaturated/α-hetero) is 2. The van der Waals surface area contributed by atoms with Crippen molar-refractivity contribution in [1.82, 2.24) is 0 Å². The maximum Gasteiger partial charge on any atom is 0.240 e. The van der Waals surface area contributed by atoms with E-state index in [0.717, 1.165) is 0 Å². The Bertz CT molecular complexity index is 194. The van der Waals surface area contributed by atoms with E-state index in [0.29, 0.717) is 0 Å². The van der Waals surface area contributed by atoms with Gasteiger partial charge in [0.1, 0.15) is 12.1 Å². The summed E-state index contributed by atoms with van der Waals surface area (Å²) < 4.78 is 0. The second-order valence-corrected chi connectivity index (χ2v) is 1.25. The van der Waals surface area contributed by atoms with Gasteiger partial charge in [-0.05, 0) is 0 Å². The molecule has 4 nitrogen and oxygen atoms in total. The Morgan fingerprint density at radius 2 is 1.44 bits per heavy atom. The molecule has 0 unspecified atom stereocenters. The first-order chi connectivity index (χ1) is 4.20. The normalized spacial score (nSPS) is 6.89. The van der Waals surface area contributed by atoms with Gasteiger partial charge in [-0.25, -0.2) is 0 Å². The average molecular weight is 122 g/mol. The molecule has 0 saturated heterocycles. The molecular formula is C5H2N2O2. The molecule has 44 valence electrons. The molecule has 0 aliphatic carbocycles. The quantitative estimate of drug-likeness (QED) is 0.367. The van der Waals surface area contributed by atoms with Gasteiger partial charge in [-0.1, -0.05) is 0 Å². The van der Waals surface area contributed by atoms with E-state index in [9.17, 15) is 9.59 Å². The van der Waals surface area contributed by atoms with Gasteiger partial charge >= 0.3 is 0 Å². The van der Waals surface area contributed by atoms with Gasteiger partial charge in [-0.15, -0.1) is 0 Å². The van der Waals surface area contributed by atoms with Gasteiger partial charge in [0.2, 0.25) is 11.6 Å². The highest BCUT2D eigenvalue weighted by Crippen LogP contribution is 1.81. The molecule has 0 heterocycles. The summed E-state index contributed by atoms with van der Waals surface area (Å²) >= 11 is 0. The van der Waals surface area contributed by atoms with Gasteiger partial charge in [0, 0.05) is 0 Å². The second kappa shape index (κ2) is 3.34. The summed E-state index contributed by atoms with van der Waals surface area (Å²) in [5, 5.41) is 15.6. The van der Waals surface area contributed by atoms with Crippen LogP contribution in [0.3, 0.4) is 0 Å². The smallest absolute Gasteiger partial charge is 0.240 e. The fraction of sp³-hybridized carbons (Fsp3) is 0.200. The zero-order chi connectivity index (χ0) is 7.28. The number of rotatable bonds is 2. The van der Waals surface area contributed by atoms with Crippen molar-refractivity contribution >= 4 is 11.6 Å². The molecule has 0 saturated carbocycles. The summed E-state index contributed by atoms with van der Waals surface area (Å²) in [4.78, 5) is 20.1. The molecular weight excluding hydrogens is 120 g/mol. The molecule has 0 aliphatic rings. The number of ketones is 2. The molecule has 0 aliphatic heterocycles. The van der Waals surface area contributed by atoms with Gasteiger partial charge in [0.15, 0.2) is 0 Å². The zero-order valence-corrected chi connectivity index (χ0v) is 4.42. The predicted molar refractivity (Wildman–Crippen MR) is 25.9 cm³/mol. The minimum atomic E-state index is -0.874. The van der Waals surface area contributed by atoms with Crippen molar-refractivity contribution in [2.45, 2.75) is 6.42 Å². The van der Waals surface area contributed by atoms with Crippen LogP contribution in [0.4, 0.5) is 0 Å². The first-order valence-corrected chi connectivity index (χ1v) is 2.06. The van der Waals surface area contributed by atoms with Crippen molar-refractivity contribution in [2.75, 3.05) is 0 Å². The minimum Gasteiger partial charge on any atom is -0.282 e. The Morgan fingerprint density at radius 1 is 1.11 bits per heavy atom. The molecule has 9 heavy (non-hydrogen) atoms. The van der Waals surface area contributed by atoms with E-state index < -0.39 is 18.0 Å². The summed E-state index contributed by atoms with van der Waals surface area (Å²) in [7, 11) is 0. The number of nitrogens with zero attached hydrogens (tertiary/aromatic N) is 2. The first kappa shape index (κ1) is 7.32. The topological polar surface area (TPSA) is 81.7 Å². The largest absolute Gasteiger partial charge is 0.282 e. The van der Waals surface area contributed by atoms with E-state index in [1.165, 1.54) is 12.1 Å². The van der Waals surface area contributed by atoms with Crippen LogP contribution in [0.1, 0.15) is 6.42 Å². The number of carbonyl (C=O) groups is 2. The molecule has 0 spiro atoms. The van der Waals surface area contributed by atoms with E-state index in [1.54, 1.807) is 0 Å². The standard InChI is InChI=1S/C5H2N2O2/c6-2-4(8)1-5(9)3-7/h1H2. The number of carbonyl (C=O) groups excluding carboxylic acids is 2. The molecule has 0 bridgehead atoms. The third kappa shape index (κ3) is 2.95. The molecule has 0 fully saturated rings. The van der Waals surface area contributed by atoms with Crippen LogP contribution in [0.15, 0.2) is 0 Å². The molecule has 0 aromatic rings. The third-order valence-electron chi connectivity index (χ3n) is 0.571. The minimum absolute atomic E-state index is 0.590. The van der Waals surface area contributed by atoms with Crippen molar-refractivity contribution in [3.63, 3.8) is 0 Å². The summed E-state index contributed by atoms with van der Waals surface area (Å²) in [5.41, 5.74) is 0. The Kier molecular flexibility index (Phi) is 2.72. The molecule has 0 amide bonds. The Labute approximate surface area is 51.3 Å². The lowest BCUT2D eigenvalue weighted by molar-refractivity contribution is -0.121. The predicted octanol–water partition coefficient (Wildman–Crippen LogP) is -0.438. The molecule has 0 aromatic carbocycles. The van der Waals surface area contributed by atoms with Crippen molar-refractivity contribution < 1.29 is 9.59 Å². The van der Waals surface area contributed by atoms with Crippen LogP contribution in [0.5, 0.6) is 0 Å². The van der Waals surface area contributed by atoms with Crippen LogP contribution in [0, 0.1) is 22.7 Å². The van der Waals surface area contributed by atoms with Crippen LogP contribution in [-0.4, -0.2) is 11.6 Å². The Balaban J connectivity index is 3.82. The molecule has 0 atom stereocenters. The SMILES string of the molecule is N#CC(=O)CC(=O)C#N. The molecule has 0 N–H and O–H groups in total. The number of hydrogen-bond donors (Lipinski definition) is 0. The Hall–Kier alpha value is -1.68. The van der Waals surface area contributed by atoms with Crippen molar-refractivity contribution in [3.05, 3.63) is 0 Å². The van der Waals surface area contributed by atoms with Crippen molar-refractivity contribution in [3.8, 4) is 12.1 Å². The fourth-order valence-corrected chi connectivity index (χ4v) is 0.225. The highest BCUT2D eigenvalue weighted by Gasteiger charge is 2.05. The lowest BCUT2D eigenvalue weighted by Crippen LogP contribution is -2.01. The summed E-state index contributed by atoms with van der Waals surface area (Å²) in [6.45, 7) is 0. The molecule has 4 heteroatoms. The highest BCUT2D eigenvalue weighted by molar-refractivity contribution is 6.11. The Morgan fingerprint density at radius 3 is 1.67 bits per heavy atom. The first-order valence-electron chi connectivity index (χ1n) is 2.06. The van der Waals surface area contributed by atoms with Crippen LogP contribution < -0.4 is 0 Å². The maximum atomic E-state index is 10.0. The van der Waals surface area contributed by atoms with Gasteiger partial charge in [0.05, 0.1) is 6.42 Å². The summed E-state index contributed by atoms with van der Waals surface area (Å²) in [5.74, 6) is -1.75. The summed E-state index contributed by atoms with van der Waals surface area (Å²) in [6, 6.07) is 2.44. The van der Waals surface area contributed by atoms with E-state index in [1.807, 2.05) is 0 Å². The van der Waals surface area contributed by atoms with Crippen LogP contribution >= 0.6 is 0 Å². The van der Waals surface area contributed by atoms with Gasteiger partial charge in [-0.2, -0.15) is 10.5 Å². The average Bonchev–Trinajstić information content (AvgIpc) is 1.87. The highest BCUT2D eigenvalue weighted by atomic mass is 16.1. The lowest BCUT2D eigenvalue weighted by Gasteiger charge is -1.76. The fourth-order valence-electron chi connectivity index (χ4n) is 0.225. The number of nitriles is 2. The molecule has 0 rings (SSSR count). The van der Waals surface area contributed by atoms with E-state index >= 15 is 0 Å². The van der Waals surface area contributed by atoms with Gasteiger partial charge < -0.3 is 0 Å². The lowest BCUT2D eigenvalue weighted by atomic mass is 10.2. The van der Waals surface area contributed by atoms with Crippen LogP contribution in [-0.2, 0) is 9.59 Å². The maximum absolute atomic E-state index is 10.0. The van der Waals surface area contributed by atoms with Crippen molar-refractivity contribution in [2.24, 2.45) is 0 Å². The van der Waals surface area contributed by atoms with Gasteiger partial charge in [-0.3, -0.25) is 9.59 Å². The van der Waals surface area contributed by atoms with E-state index in [2.05, 4.69) is 0 Å². The number of hydrogen-bond acceptors (Lipinski definition) is 4. The van der Waals surface area contributed by atoms with Gasteiger partial charge in [0.25, 0.3) is 0 Å². The summed E-state index contributed by atoms with van der Waals surface area (Å²) in [6.07, 6.45) is -0.590. The van der Waals surface area contributed by atoms with Crippen LogP contribution in [0.25, 0.3) is 0 Å². The third-order valence-corrected chi connectivity index (χ3v) is 0.571. The van der Waals surface area contributed by atoms with E-state index in [4.69, 9.17) is 10.5 Å².